The topological polar surface area (TPSA) is 57.6 Å². The lowest BCUT2D eigenvalue weighted by molar-refractivity contribution is -0.165. The van der Waals surface area contributed by atoms with E-state index in [-0.39, 0.29) is 6.42 Å². The predicted molar refractivity (Wildman–Crippen MR) is 58.3 cm³/mol. The average molecular weight is 281 g/mol. The van der Waals surface area contributed by atoms with Crippen LogP contribution in [0.3, 0.4) is 0 Å². The highest BCUT2D eigenvalue weighted by atomic mass is 32.1. The number of carboxylic acid groups (broad SMARTS) is 1. The third-order valence-electron chi connectivity index (χ3n) is 1.98. The van der Waals surface area contributed by atoms with Crippen LogP contribution in [0.25, 0.3) is 0 Å². The Labute approximate surface area is 105 Å². The number of halogens is 3. The van der Waals surface area contributed by atoms with Gasteiger partial charge in [-0.25, -0.2) is 0 Å². The largest absolute Gasteiger partial charge is 0.480 e. The Morgan fingerprint density at radius 3 is 2.50 bits per heavy atom. The summed E-state index contributed by atoms with van der Waals surface area (Å²) in [4.78, 5) is 22.3. The smallest absolute Gasteiger partial charge is 0.406 e. The third-order valence-corrected chi connectivity index (χ3v) is 2.72. The van der Waals surface area contributed by atoms with Crippen LogP contribution in [-0.2, 0) is 16.0 Å². The maximum Gasteiger partial charge on any atom is 0.406 e. The number of carboxylic acids is 1. The summed E-state index contributed by atoms with van der Waals surface area (Å²) in [7, 11) is 0. The molecule has 1 heterocycles. The van der Waals surface area contributed by atoms with Gasteiger partial charge in [-0.05, 0) is 22.4 Å². The lowest BCUT2D eigenvalue weighted by Crippen LogP contribution is -2.42. The number of hydrogen-bond donors (Lipinski definition) is 1. The predicted octanol–water partition coefficient (Wildman–Crippen LogP) is 1.77. The standard InChI is InChI=1S/C10H10F3NO3S/c11-10(12,13)6-14(4-9(16)17)8(15)3-7-1-2-18-5-7/h1-2,5H,3-4,6H2,(H,16,17). The van der Waals surface area contributed by atoms with E-state index in [0.717, 1.165) is 0 Å². The van der Waals surface area contributed by atoms with E-state index in [1.54, 1.807) is 16.8 Å². The molecule has 100 valence electrons. The molecule has 0 fully saturated rings. The van der Waals surface area contributed by atoms with Crippen molar-refractivity contribution in [2.24, 2.45) is 0 Å². The summed E-state index contributed by atoms with van der Waals surface area (Å²) in [5.41, 5.74) is 0.572. The van der Waals surface area contributed by atoms with E-state index in [1.165, 1.54) is 11.3 Å². The maximum absolute atomic E-state index is 12.2. The Morgan fingerprint density at radius 2 is 2.06 bits per heavy atom. The Morgan fingerprint density at radius 1 is 1.39 bits per heavy atom. The second-order valence-electron chi connectivity index (χ2n) is 3.57. The normalized spacial score (nSPS) is 11.3. The fourth-order valence-electron chi connectivity index (χ4n) is 1.29. The van der Waals surface area contributed by atoms with Crippen molar-refractivity contribution in [1.82, 2.24) is 4.90 Å². The van der Waals surface area contributed by atoms with Crippen molar-refractivity contribution in [3.05, 3.63) is 22.4 Å². The van der Waals surface area contributed by atoms with Crippen LogP contribution in [0.4, 0.5) is 13.2 Å². The summed E-state index contributed by atoms with van der Waals surface area (Å²) < 4.78 is 36.6. The molecule has 1 amide bonds. The molecule has 0 saturated carbocycles. The van der Waals surface area contributed by atoms with Gasteiger partial charge in [0.25, 0.3) is 0 Å². The summed E-state index contributed by atoms with van der Waals surface area (Å²) in [5.74, 6) is -2.33. The van der Waals surface area contributed by atoms with Gasteiger partial charge in [0.1, 0.15) is 13.1 Å². The van der Waals surface area contributed by atoms with Gasteiger partial charge in [-0.1, -0.05) is 0 Å². The molecule has 0 radical (unpaired) electrons. The fraction of sp³-hybridized carbons (Fsp3) is 0.400. The highest BCUT2D eigenvalue weighted by molar-refractivity contribution is 7.07. The number of thiophene rings is 1. The minimum atomic E-state index is -4.61. The number of carbonyl (C=O) groups excluding carboxylic acids is 1. The Balaban J connectivity index is 2.69. The first kappa shape index (κ1) is 14.5. The number of alkyl halides is 3. The summed E-state index contributed by atoms with van der Waals surface area (Å²) in [6, 6.07) is 1.61. The lowest BCUT2D eigenvalue weighted by atomic mass is 10.2. The molecule has 0 atom stereocenters. The van der Waals surface area contributed by atoms with E-state index in [0.29, 0.717) is 10.5 Å². The second-order valence-corrected chi connectivity index (χ2v) is 4.35. The highest BCUT2D eigenvalue weighted by Gasteiger charge is 2.33. The fourth-order valence-corrected chi connectivity index (χ4v) is 1.96. The van der Waals surface area contributed by atoms with Crippen LogP contribution in [0.15, 0.2) is 16.8 Å². The molecule has 1 rings (SSSR count). The molecule has 0 aliphatic heterocycles. The van der Waals surface area contributed by atoms with Gasteiger partial charge in [-0.15, -0.1) is 0 Å². The van der Waals surface area contributed by atoms with Gasteiger partial charge in [-0.2, -0.15) is 24.5 Å². The van der Waals surface area contributed by atoms with E-state index in [4.69, 9.17) is 5.11 Å². The molecule has 8 heteroatoms. The zero-order chi connectivity index (χ0) is 13.8. The number of aliphatic carboxylic acids is 1. The Bertz CT molecular complexity index is 417. The third kappa shape index (κ3) is 5.17. The molecule has 0 spiro atoms. The van der Waals surface area contributed by atoms with Crippen molar-refractivity contribution in [2.45, 2.75) is 12.6 Å². The molecule has 18 heavy (non-hydrogen) atoms. The minimum Gasteiger partial charge on any atom is -0.480 e. The van der Waals surface area contributed by atoms with Crippen LogP contribution in [0, 0.1) is 0 Å². The molecule has 0 unspecified atom stereocenters. The first-order valence-electron chi connectivity index (χ1n) is 4.85. The Hall–Kier alpha value is -1.57. The first-order valence-corrected chi connectivity index (χ1v) is 5.79. The molecule has 0 aliphatic carbocycles. The van der Waals surface area contributed by atoms with E-state index in [1.807, 2.05) is 0 Å². The molecule has 1 aromatic heterocycles. The summed E-state index contributed by atoms with van der Waals surface area (Å²) in [6.07, 6.45) is -4.84. The monoisotopic (exact) mass is 281 g/mol. The van der Waals surface area contributed by atoms with Gasteiger partial charge in [0, 0.05) is 0 Å². The minimum absolute atomic E-state index is 0.229. The van der Waals surface area contributed by atoms with E-state index >= 15 is 0 Å². The Kier molecular flexibility index (Phi) is 4.71. The van der Waals surface area contributed by atoms with Crippen LogP contribution in [0.1, 0.15) is 5.56 Å². The van der Waals surface area contributed by atoms with E-state index < -0.39 is 31.1 Å². The zero-order valence-corrected chi connectivity index (χ0v) is 9.92. The molecule has 0 saturated heterocycles. The van der Waals surface area contributed by atoms with Gasteiger partial charge in [0.05, 0.1) is 6.42 Å². The second kappa shape index (κ2) is 5.85. The van der Waals surface area contributed by atoms with Gasteiger partial charge in [0.15, 0.2) is 0 Å². The molecule has 0 aromatic carbocycles. The molecular formula is C10H10F3NO3S. The molecule has 4 nitrogen and oxygen atoms in total. The quantitative estimate of drug-likeness (QED) is 0.894. The average Bonchev–Trinajstić information content (AvgIpc) is 2.66. The van der Waals surface area contributed by atoms with Crippen LogP contribution in [-0.4, -0.2) is 41.1 Å². The van der Waals surface area contributed by atoms with Crippen molar-refractivity contribution in [1.29, 1.82) is 0 Å². The zero-order valence-electron chi connectivity index (χ0n) is 9.11. The molecule has 1 aromatic rings. The van der Waals surface area contributed by atoms with Crippen LogP contribution < -0.4 is 0 Å². The molecule has 0 bridgehead atoms. The highest BCUT2D eigenvalue weighted by Crippen LogP contribution is 2.17. The van der Waals surface area contributed by atoms with Gasteiger partial charge in [-0.3, -0.25) is 9.59 Å². The number of amides is 1. The number of hydrogen-bond acceptors (Lipinski definition) is 3. The van der Waals surface area contributed by atoms with Gasteiger partial charge >= 0.3 is 12.1 Å². The maximum atomic E-state index is 12.2. The molecular weight excluding hydrogens is 271 g/mol. The van der Waals surface area contributed by atoms with Crippen molar-refractivity contribution in [3.8, 4) is 0 Å². The van der Waals surface area contributed by atoms with E-state index in [9.17, 15) is 22.8 Å². The van der Waals surface area contributed by atoms with Crippen LogP contribution >= 0.6 is 11.3 Å². The number of carbonyl (C=O) groups is 2. The summed E-state index contributed by atoms with van der Waals surface area (Å²) in [6.45, 7) is -2.51. The summed E-state index contributed by atoms with van der Waals surface area (Å²) in [5, 5.41) is 11.8. The SMILES string of the molecule is O=C(O)CN(CC(F)(F)F)C(=O)Cc1ccsc1. The van der Waals surface area contributed by atoms with Crippen molar-refractivity contribution < 1.29 is 27.9 Å². The van der Waals surface area contributed by atoms with Crippen molar-refractivity contribution in [2.75, 3.05) is 13.1 Å². The molecule has 1 N–H and O–H groups in total. The lowest BCUT2D eigenvalue weighted by Gasteiger charge is -2.21. The van der Waals surface area contributed by atoms with Crippen LogP contribution in [0.2, 0.25) is 0 Å². The van der Waals surface area contributed by atoms with Crippen molar-refractivity contribution in [3.63, 3.8) is 0 Å². The number of nitrogens with zero attached hydrogens (tertiary/aromatic N) is 1. The van der Waals surface area contributed by atoms with E-state index in [2.05, 4.69) is 0 Å². The summed E-state index contributed by atoms with van der Waals surface area (Å²) >= 11 is 1.31. The number of rotatable bonds is 5. The van der Waals surface area contributed by atoms with Gasteiger partial charge < -0.3 is 10.0 Å². The van der Waals surface area contributed by atoms with Crippen molar-refractivity contribution >= 4 is 23.2 Å². The van der Waals surface area contributed by atoms with Crippen LogP contribution in [0.5, 0.6) is 0 Å². The molecule has 0 aliphatic rings. The first-order chi connectivity index (χ1) is 8.28. The van der Waals surface area contributed by atoms with Gasteiger partial charge in [0.2, 0.25) is 5.91 Å².